The van der Waals surface area contributed by atoms with Crippen LogP contribution in [0.3, 0.4) is 0 Å². The molecule has 15 heavy (non-hydrogen) atoms. The number of rotatable bonds is 4. The molecule has 0 aromatic carbocycles. The largest absolute Gasteiger partial charge is 0.330 e. The lowest BCUT2D eigenvalue weighted by molar-refractivity contribution is 0.240. The molecule has 0 amide bonds. The van der Waals surface area contributed by atoms with Crippen molar-refractivity contribution in [3.8, 4) is 0 Å². The molecule has 1 aliphatic rings. The standard InChI is InChI=1S/C9H21N3O2S/c1-15(13,14)12-6-3-8(4-7-12)9(11)2-5-10/h8-9H,2-7,10-11H2,1H3. The van der Waals surface area contributed by atoms with Gasteiger partial charge in [-0.2, -0.15) is 0 Å². The van der Waals surface area contributed by atoms with Gasteiger partial charge in [0.05, 0.1) is 6.26 Å². The van der Waals surface area contributed by atoms with Gasteiger partial charge in [-0.1, -0.05) is 0 Å². The van der Waals surface area contributed by atoms with Crippen LogP contribution in [0.1, 0.15) is 19.3 Å². The molecule has 1 rings (SSSR count). The molecule has 1 fully saturated rings. The molecule has 0 aliphatic carbocycles. The van der Waals surface area contributed by atoms with Crippen LogP contribution in [0.5, 0.6) is 0 Å². The fourth-order valence-electron chi connectivity index (χ4n) is 2.06. The van der Waals surface area contributed by atoms with E-state index in [4.69, 9.17) is 11.5 Å². The van der Waals surface area contributed by atoms with E-state index in [1.54, 1.807) is 0 Å². The summed E-state index contributed by atoms with van der Waals surface area (Å²) in [7, 11) is -3.02. The topological polar surface area (TPSA) is 89.4 Å². The Bertz CT molecular complexity index is 284. The zero-order valence-corrected chi connectivity index (χ0v) is 10.0. The van der Waals surface area contributed by atoms with Crippen molar-refractivity contribution < 1.29 is 8.42 Å². The van der Waals surface area contributed by atoms with E-state index in [1.165, 1.54) is 10.6 Å². The number of nitrogens with zero attached hydrogens (tertiary/aromatic N) is 1. The van der Waals surface area contributed by atoms with Crippen molar-refractivity contribution in [1.82, 2.24) is 4.31 Å². The van der Waals surface area contributed by atoms with Gasteiger partial charge in [0.1, 0.15) is 0 Å². The normalized spacial score (nSPS) is 22.9. The molecule has 0 aromatic heterocycles. The van der Waals surface area contributed by atoms with Crippen molar-refractivity contribution in [1.29, 1.82) is 0 Å². The molecule has 1 heterocycles. The lowest BCUT2D eigenvalue weighted by atomic mass is 9.89. The van der Waals surface area contributed by atoms with Crippen LogP contribution in [0, 0.1) is 5.92 Å². The second kappa shape index (κ2) is 5.25. The smallest absolute Gasteiger partial charge is 0.211 e. The van der Waals surface area contributed by atoms with Crippen LogP contribution >= 0.6 is 0 Å². The second-order valence-corrected chi connectivity index (χ2v) is 6.22. The van der Waals surface area contributed by atoms with Crippen molar-refractivity contribution >= 4 is 10.0 Å². The molecule has 4 N–H and O–H groups in total. The summed E-state index contributed by atoms with van der Waals surface area (Å²) in [5, 5.41) is 0. The minimum Gasteiger partial charge on any atom is -0.330 e. The Hall–Kier alpha value is -0.170. The Morgan fingerprint density at radius 3 is 2.33 bits per heavy atom. The molecular weight excluding hydrogens is 214 g/mol. The minimum atomic E-state index is -3.02. The van der Waals surface area contributed by atoms with E-state index < -0.39 is 10.0 Å². The van der Waals surface area contributed by atoms with Crippen molar-refractivity contribution in [3.05, 3.63) is 0 Å². The quantitative estimate of drug-likeness (QED) is 0.676. The van der Waals surface area contributed by atoms with Crippen LogP contribution in [0.25, 0.3) is 0 Å². The van der Waals surface area contributed by atoms with Gasteiger partial charge in [-0.25, -0.2) is 12.7 Å². The van der Waals surface area contributed by atoms with E-state index in [1.807, 2.05) is 0 Å². The molecule has 6 heteroatoms. The number of hydrogen-bond donors (Lipinski definition) is 2. The maximum atomic E-state index is 11.3. The van der Waals surface area contributed by atoms with Crippen molar-refractivity contribution in [2.75, 3.05) is 25.9 Å². The van der Waals surface area contributed by atoms with E-state index in [9.17, 15) is 8.42 Å². The summed E-state index contributed by atoms with van der Waals surface area (Å²) in [6, 6.07) is 0.122. The first-order valence-electron chi connectivity index (χ1n) is 5.36. The van der Waals surface area contributed by atoms with Gasteiger partial charge >= 0.3 is 0 Å². The van der Waals surface area contributed by atoms with E-state index in [0.29, 0.717) is 25.6 Å². The van der Waals surface area contributed by atoms with Crippen molar-refractivity contribution in [2.45, 2.75) is 25.3 Å². The number of piperidine rings is 1. The maximum Gasteiger partial charge on any atom is 0.211 e. The highest BCUT2D eigenvalue weighted by atomic mass is 32.2. The summed E-state index contributed by atoms with van der Waals surface area (Å²) in [5.74, 6) is 0.423. The molecule has 0 spiro atoms. The first kappa shape index (κ1) is 12.9. The zero-order chi connectivity index (χ0) is 11.5. The second-order valence-electron chi connectivity index (χ2n) is 4.24. The maximum absolute atomic E-state index is 11.3. The van der Waals surface area contributed by atoms with Crippen LogP contribution in [0.4, 0.5) is 0 Å². The molecule has 1 unspecified atom stereocenters. The number of nitrogens with two attached hydrogens (primary N) is 2. The van der Waals surface area contributed by atoms with Gasteiger partial charge in [-0.15, -0.1) is 0 Å². The highest BCUT2D eigenvalue weighted by Gasteiger charge is 2.27. The Morgan fingerprint density at radius 2 is 1.93 bits per heavy atom. The predicted octanol–water partition coefficient (Wildman–Crippen LogP) is -0.666. The summed E-state index contributed by atoms with van der Waals surface area (Å²) in [4.78, 5) is 0. The van der Waals surface area contributed by atoms with Crippen LogP contribution in [-0.4, -0.2) is 44.7 Å². The fraction of sp³-hybridized carbons (Fsp3) is 1.00. The first-order valence-corrected chi connectivity index (χ1v) is 7.20. The predicted molar refractivity (Wildman–Crippen MR) is 60.8 cm³/mol. The molecule has 1 aliphatic heterocycles. The Labute approximate surface area is 91.9 Å². The monoisotopic (exact) mass is 235 g/mol. The van der Waals surface area contributed by atoms with Gasteiger partial charge < -0.3 is 11.5 Å². The van der Waals surface area contributed by atoms with Crippen LogP contribution in [0.15, 0.2) is 0 Å². The van der Waals surface area contributed by atoms with Gasteiger partial charge in [0.25, 0.3) is 0 Å². The summed E-state index contributed by atoms with van der Waals surface area (Å²) in [6.07, 6.45) is 3.79. The average molecular weight is 235 g/mol. The van der Waals surface area contributed by atoms with E-state index >= 15 is 0 Å². The molecule has 0 radical (unpaired) electrons. The summed E-state index contributed by atoms with van der Waals surface area (Å²) in [5.41, 5.74) is 11.4. The minimum absolute atomic E-state index is 0.122. The molecule has 0 aromatic rings. The average Bonchev–Trinajstić information content (AvgIpc) is 2.17. The third kappa shape index (κ3) is 3.71. The van der Waals surface area contributed by atoms with E-state index in [-0.39, 0.29) is 6.04 Å². The number of sulfonamides is 1. The third-order valence-corrected chi connectivity index (χ3v) is 4.38. The van der Waals surface area contributed by atoms with Gasteiger partial charge in [0.15, 0.2) is 0 Å². The summed E-state index contributed by atoms with van der Waals surface area (Å²) in [6.45, 7) is 1.80. The van der Waals surface area contributed by atoms with Crippen molar-refractivity contribution in [3.63, 3.8) is 0 Å². The summed E-state index contributed by atoms with van der Waals surface area (Å²) >= 11 is 0. The molecular formula is C9H21N3O2S. The zero-order valence-electron chi connectivity index (χ0n) is 9.22. The molecule has 1 saturated heterocycles. The Morgan fingerprint density at radius 1 is 1.40 bits per heavy atom. The molecule has 0 saturated carbocycles. The highest BCUT2D eigenvalue weighted by Crippen LogP contribution is 2.22. The van der Waals surface area contributed by atoms with Crippen LogP contribution in [-0.2, 0) is 10.0 Å². The van der Waals surface area contributed by atoms with E-state index in [2.05, 4.69) is 0 Å². The lowest BCUT2D eigenvalue weighted by Crippen LogP contribution is -2.43. The van der Waals surface area contributed by atoms with E-state index in [0.717, 1.165) is 19.3 Å². The molecule has 1 atom stereocenters. The van der Waals surface area contributed by atoms with Gasteiger partial charge in [-0.3, -0.25) is 0 Å². The number of hydrogen-bond acceptors (Lipinski definition) is 4. The fourth-order valence-corrected chi connectivity index (χ4v) is 2.94. The Balaban J connectivity index is 2.42. The molecule has 5 nitrogen and oxygen atoms in total. The Kier molecular flexibility index (Phi) is 4.51. The van der Waals surface area contributed by atoms with Gasteiger partial charge in [-0.05, 0) is 31.7 Å². The molecule has 90 valence electrons. The summed E-state index contributed by atoms with van der Waals surface area (Å²) < 4.78 is 24.1. The van der Waals surface area contributed by atoms with Crippen LogP contribution in [0.2, 0.25) is 0 Å². The lowest BCUT2D eigenvalue weighted by Gasteiger charge is -2.33. The highest BCUT2D eigenvalue weighted by molar-refractivity contribution is 7.88. The van der Waals surface area contributed by atoms with Gasteiger partial charge in [0, 0.05) is 19.1 Å². The first-order chi connectivity index (χ1) is 6.95. The van der Waals surface area contributed by atoms with Gasteiger partial charge in [0.2, 0.25) is 10.0 Å². The van der Waals surface area contributed by atoms with Crippen molar-refractivity contribution in [2.24, 2.45) is 17.4 Å². The third-order valence-electron chi connectivity index (χ3n) is 3.07. The molecule has 0 bridgehead atoms. The van der Waals surface area contributed by atoms with Crippen LogP contribution < -0.4 is 11.5 Å². The SMILES string of the molecule is CS(=O)(=O)N1CCC(C(N)CCN)CC1.